The Morgan fingerprint density at radius 3 is 2.00 bits per heavy atom. The Kier molecular flexibility index (Phi) is 3.60. The van der Waals surface area contributed by atoms with E-state index in [9.17, 15) is 0 Å². The molecule has 0 amide bonds. The number of para-hydroxylation sites is 1. The molecule has 0 saturated heterocycles. The second kappa shape index (κ2) is 6.69. The van der Waals surface area contributed by atoms with Crippen LogP contribution in [0.1, 0.15) is 0 Å². The Morgan fingerprint density at radius 1 is 0.500 bits per heavy atom. The van der Waals surface area contributed by atoms with Crippen LogP contribution in [-0.4, -0.2) is 4.57 Å². The average Bonchev–Trinajstić information content (AvgIpc) is 3.45. The predicted octanol–water partition coefficient (Wildman–Crippen LogP) is 9.46. The number of aromatic nitrogens is 1. The van der Waals surface area contributed by atoms with E-state index >= 15 is 0 Å². The molecule has 0 aliphatic carbocycles. The van der Waals surface area contributed by atoms with Crippen molar-refractivity contribution >= 4 is 74.9 Å². The molecule has 8 rings (SSSR count). The first kappa shape index (κ1) is 18.3. The van der Waals surface area contributed by atoms with Crippen molar-refractivity contribution in [2.45, 2.75) is 0 Å². The number of rotatable bonds is 1. The lowest BCUT2D eigenvalue weighted by Gasteiger charge is -2.11. The second-order valence-corrected chi connectivity index (χ2v) is 10.0. The topological polar surface area (TPSA) is 4.93 Å². The molecule has 0 N–H and O–H groups in total. The molecule has 2 aromatic heterocycles. The van der Waals surface area contributed by atoms with Crippen molar-refractivity contribution in [2.24, 2.45) is 0 Å². The molecule has 8 aromatic rings. The quantitative estimate of drug-likeness (QED) is 0.235. The zero-order chi connectivity index (χ0) is 22.2. The third-order valence-corrected chi connectivity index (χ3v) is 8.32. The molecular formula is C32H19NS. The molecule has 158 valence electrons. The van der Waals surface area contributed by atoms with Gasteiger partial charge in [0.1, 0.15) is 0 Å². The van der Waals surface area contributed by atoms with Gasteiger partial charge in [-0.3, -0.25) is 0 Å². The number of hydrogen-bond donors (Lipinski definition) is 0. The molecule has 34 heavy (non-hydrogen) atoms. The van der Waals surface area contributed by atoms with Crippen molar-refractivity contribution < 1.29 is 0 Å². The normalized spacial score (nSPS) is 12.1. The van der Waals surface area contributed by atoms with Gasteiger partial charge in [-0.1, -0.05) is 91.0 Å². The third-order valence-electron chi connectivity index (χ3n) is 7.14. The molecule has 0 unspecified atom stereocenters. The molecule has 0 bridgehead atoms. The van der Waals surface area contributed by atoms with Gasteiger partial charge in [0.2, 0.25) is 0 Å². The molecule has 0 aliphatic heterocycles. The maximum atomic E-state index is 2.49. The van der Waals surface area contributed by atoms with Crippen molar-refractivity contribution in [1.82, 2.24) is 4.57 Å². The van der Waals surface area contributed by atoms with Crippen LogP contribution in [-0.2, 0) is 0 Å². The molecule has 0 atom stereocenters. The minimum atomic E-state index is 1.21. The summed E-state index contributed by atoms with van der Waals surface area (Å²) in [5.74, 6) is 0. The van der Waals surface area contributed by atoms with E-state index in [0.29, 0.717) is 0 Å². The van der Waals surface area contributed by atoms with Crippen molar-refractivity contribution in [1.29, 1.82) is 0 Å². The Balaban J connectivity index is 1.69. The summed E-state index contributed by atoms with van der Waals surface area (Å²) >= 11 is 1.91. The molecule has 0 fully saturated rings. The minimum Gasteiger partial charge on any atom is -0.308 e. The van der Waals surface area contributed by atoms with Crippen molar-refractivity contribution in [3.05, 3.63) is 115 Å². The fourth-order valence-corrected chi connectivity index (χ4v) is 6.97. The van der Waals surface area contributed by atoms with E-state index in [4.69, 9.17) is 0 Å². The van der Waals surface area contributed by atoms with Crippen LogP contribution in [0.15, 0.2) is 115 Å². The molecule has 0 spiro atoms. The summed E-state index contributed by atoms with van der Waals surface area (Å²) < 4.78 is 5.19. The van der Waals surface area contributed by atoms with Gasteiger partial charge >= 0.3 is 0 Å². The average molecular weight is 450 g/mol. The molecule has 1 nitrogen and oxygen atoms in total. The highest BCUT2D eigenvalue weighted by molar-refractivity contribution is 7.27. The third kappa shape index (κ3) is 2.33. The van der Waals surface area contributed by atoms with Crippen LogP contribution in [0.25, 0.3) is 69.2 Å². The van der Waals surface area contributed by atoms with E-state index in [1.54, 1.807) is 0 Å². The van der Waals surface area contributed by atoms with E-state index in [2.05, 4.69) is 120 Å². The minimum absolute atomic E-state index is 1.21. The zero-order valence-corrected chi connectivity index (χ0v) is 19.1. The predicted molar refractivity (Wildman–Crippen MR) is 149 cm³/mol. The van der Waals surface area contributed by atoms with Crippen LogP contribution in [0, 0.1) is 0 Å². The van der Waals surface area contributed by atoms with Gasteiger partial charge in [-0.2, -0.15) is 0 Å². The van der Waals surface area contributed by atoms with Crippen LogP contribution in [0.5, 0.6) is 0 Å². The summed E-state index contributed by atoms with van der Waals surface area (Å²) in [6, 6.07) is 42.1. The Morgan fingerprint density at radius 2 is 1.15 bits per heavy atom. The standard InChI is InChI=1S/C32H19NS/c1-2-10-21-19-22(18-17-20(21)9-1)33-27-15-7-5-13-25(27)29-23-11-3-4-12-24(23)30-26-14-6-8-16-28(26)34-32(30)31(29)33/h1-19H. The lowest BCUT2D eigenvalue weighted by molar-refractivity contribution is 1.19. The summed E-state index contributed by atoms with van der Waals surface area (Å²) in [7, 11) is 0. The van der Waals surface area contributed by atoms with E-state index in [0.717, 1.165) is 0 Å². The van der Waals surface area contributed by atoms with Gasteiger partial charge in [-0.15, -0.1) is 11.3 Å². The van der Waals surface area contributed by atoms with Gasteiger partial charge in [0.15, 0.2) is 0 Å². The molecule has 0 aliphatic rings. The molecule has 2 heterocycles. The van der Waals surface area contributed by atoms with Crippen LogP contribution < -0.4 is 0 Å². The first-order valence-corrected chi connectivity index (χ1v) is 12.4. The van der Waals surface area contributed by atoms with E-state index in [1.165, 1.54) is 69.2 Å². The van der Waals surface area contributed by atoms with Crippen LogP contribution >= 0.6 is 11.3 Å². The first-order chi connectivity index (χ1) is 16.9. The highest BCUT2D eigenvalue weighted by Gasteiger charge is 2.21. The van der Waals surface area contributed by atoms with Crippen LogP contribution in [0.2, 0.25) is 0 Å². The van der Waals surface area contributed by atoms with Gasteiger partial charge in [0.05, 0.1) is 15.7 Å². The zero-order valence-electron chi connectivity index (χ0n) is 18.3. The highest BCUT2D eigenvalue weighted by Crippen LogP contribution is 2.47. The fourth-order valence-electron chi connectivity index (χ4n) is 5.71. The van der Waals surface area contributed by atoms with Crippen molar-refractivity contribution in [2.75, 3.05) is 0 Å². The van der Waals surface area contributed by atoms with Crippen molar-refractivity contribution in [3.63, 3.8) is 0 Å². The number of thiophene rings is 1. The van der Waals surface area contributed by atoms with E-state index in [1.807, 2.05) is 11.3 Å². The first-order valence-electron chi connectivity index (χ1n) is 11.6. The number of hydrogen-bond acceptors (Lipinski definition) is 1. The van der Waals surface area contributed by atoms with Crippen LogP contribution in [0.3, 0.4) is 0 Å². The Labute approximate surface area is 200 Å². The SMILES string of the molecule is c1ccc2cc(-n3c4ccccc4c4c5ccccc5c5c6ccccc6sc5c43)ccc2c1. The summed E-state index contributed by atoms with van der Waals surface area (Å²) in [4.78, 5) is 0. The maximum Gasteiger partial charge on any atom is 0.0726 e. The Bertz CT molecular complexity index is 2070. The van der Waals surface area contributed by atoms with Gasteiger partial charge in [-0.05, 0) is 45.8 Å². The van der Waals surface area contributed by atoms with Gasteiger partial charge in [-0.25, -0.2) is 0 Å². The largest absolute Gasteiger partial charge is 0.308 e. The van der Waals surface area contributed by atoms with Crippen molar-refractivity contribution in [3.8, 4) is 5.69 Å². The highest BCUT2D eigenvalue weighted by atomic mass is 32.1. The maximum absolute atomic E-state index is 2.49. The second-order valence-electron chi connectivity index (χ2n) is 8.96. The molecule has 6 aromatic carbocycles. The smallest absolute Gasteiger partial charge is 0.0726 e. The molecule has 0 saturated carbocycles. The summed E-state index contributed by atoms with van der Waals surface area (Å²) in [6.45, 7) is 0. The molecule has 2 heteroatoms. The number of nitrogens with zero attached hydrogens (tertiary/aromatic N) is 1. The summed E-state index contributed by atoms with van der Waals surface area (Å²) in [5.41, 5.74) is 3.77. The van der Waals surface area contributed by atoms with E-state index < -0.39 is 0 Å². The van der Waals surface area contributed by atoms with E-state index in [-0.39, 0.29) is 0 Å². The lowest BCUT2D eigenvalue weighted by atomic mass is 9.99. The fraction of sp³-hybridized carbons (Fsp3) is 0. The summed E-state index contributed by atoms with van der Waals surface area (Å²) in [6.07, 6.45) is 0. The molecular weight excluding hydrogens is 430 g/mol. The van der Waals surface area contributed by atoms with Crippen LogP contribution in [0.4, 0.5) is 0 Å². The van der Waals surface area contributed by atoms with Gasteiger partial charge in [0.25, 0.3) is 0 Å². The monoisotopic (exact) mass is 449 g/mol. The number of benzene rings is 6. The van der Waals surface area contributed by atoms with Gasteiger partial charge in [0, 0.05) is 31.9 Å². The molecule has 0 radical (unpaired) electrons. The summed E-state index contributed by atoms with van der Waals surface area (Å²) in [5, 5.41) is 10.6. The number of fused-ring (bicyclic) bond motifs is 11. The lowest BCUT2D eigenvalue weighted by Crippen LogP contribution is -1.94. The van der Waals surface area contributed by atoms with Gasteiger partial charge < -0.3 is 4.57 Å². The Hall–Kier alpha value is -4.14.